The van der Waals surface area contributed by atoms with Gasteiger partial charge in [-0.05, 0) is 24.6 Å². The van der Waals surface area contributed by atoms with Gasteiger partial charge in [0.05, 0.1) is 35.3 Å². The summed E-state index contributed by atoms with van der Waals surface area (Å²) in [5.74, 6) is -1.41. The summed E-state index contributed by atoms with van der Waals surface area (Å²) in [5, 5.41) is 4.27. The minimum absolute atomic E-state index is 0.168. The molecule has 2 saturated heterocycles. The number of urea groups is 1. The predicted octanol–water partition coefficient (Wildman–Crippen LogP) is 2.21. The fraction of sp³-hybridized carbons (Fsp3) is 0.300. The number of nitrogens with one attached hydrogen (secondary N) is 1. The summed E-state index contributed by atoms with van der Waals surface area (Å²) in [4.78, 5) is 16.3. The van der Waals surface area contributed by atoms with E-state index in [0.717, 1.165) is 6.26 Å². The molecule has 3 aromatic rings. The maximum atomic E-state index is 14.5. The van der Waals surface area contributed by atoms with E-state index in [4.69, 9.17) is 0 Å². The second-order valence-corrected chi connectivity index (χ2v) is 9.64. The number of anilines is 1. The monoisotopic (exact) mass is 447 g/mol. The van der Waals surface area contributed by atoms with E-state index < -0.39 is 21.7 Å². The zero-order valence-electron chi connectivity index (χ0n) is 16.5. The number of hydrogen-bond donors (Lipinski definition) is 1. The molecule has 0 saturated carbocycles. The van der Waals surface area contributed by atoms with Crippen molar-refractivity contribution < 1.29 is 22.0 Å². The van der Waals surface area contributed by atoms with Crippen LogP contribution in [0.5, 0.6) is 0 Å². The van der Waals surface area contributed by atoms with Crippen molar-refractivity contribution in [3.05, 3.63) is 54.4 Å². The number of benzene rings is 1. The maximum Gasteiger partial charge on any atom is 0.325 e. The molecule has 11 heteroatoms. The molecule has 2 aromatic heterocycles. The van der Waals surface area contributed by atoms with Gasteiger partial charge in [0.15, 0.2) is 0 Å². The Bertz CT molecular complexity index is 1290. The van der Waals surface area contributed by atoms with E-state index in [9.17, 15) is 22.0 Å². The highest BCUT2D eigenvalue weighted by Crippen LogP contribution is 2.38. The molecule has 0 aliphatic carbocycles. The molecular weight excluding hydrogens is 428 g/mol. The van der Waals surface area contributed by atoms with Crippen LogP contribution in [0.15, 0.2) is 42.7 Å². The molecule has 0 unspecified atom stereocenters. The van der Waals surface area contributed by atoms with Crippen LogP contribution in [0.25, 0.3) is 16.6 Å². The molecule has 31 heavy (non-hydrogen) atoms. The van der Waals surface area contributed by atoms with Crippen LogP contribution in [0, 0.1) is 11.6 Å². The molecule has 0 spiro atoms. The van der Waals surface area contributed by atoms with Gasteiger partial charge in [-0.25, -0.2) is 31.2 Å². The third-order valence-electron chi connectivity index (χ3n) is 5.71. The highest BCUT2D eigenvalue weighted by molar-refractivity contribution is 7.88. The van der Waals surface area contributed by atoms with Gasteiger partial charge in [0.1, 0.15) is 11.6 Å². The van der Waals surface area contributed by atoms with Gasteiger partial charge in [-0.1, -0.05) is 12.1 Å². The number of sulfonamides is 1. The molecule has 1 N–H and O–H groups in total. The summed E-state index contributed by atoms with van der Waals surface area (Å²) in [5.41, 5.74) is 0.985. The molecule has 0 radical (unpaired) electrons. The van der Waals surface area contributed by atoms with E-state index in [1.807, 2.05) is 0 Å². The van der Waals surface area contributed by atoms with Gasteiger partial charge in [0.2, 0.25) is 10.0 Å². The topological polar surface area (TPSA) is 87.0 Å². The summed E-state index contributed by atoms with van der Waals surface area (Å²) in [6, 6.07) is 6.10. The third-order valence-corrected chi connectivity index (χ3v) is 6.47. The molecule has 0 bridgehead atoms. The second kappa shape index (κ2) is 6.99. The van der Waals surface area contributed by atoms with Crippen LogP contribution in [0.1, 0.15) is 6.42 Å². The lowest BCUT2D eigenvalue weighted by Gasteiger charge is -2.19. The Morgan fingerprint density at radius 2 is 1.87 bits per heavy atom. The summed E-state index contributed by atoms with van der Waals surface area (Å²) in [6.07, 6.45) is 4.73. The first-order valence-electron chi connectivity index (χ1n) is 9.69. The van der Waals surface area contributed by atoms with E-state index >= 15 is 0 Å². The van der Waals surface area contributed by atoms with Gasteiger partial charge in [-0.2, -0.15) is 5.10 Å². The van der Waals surface area contributed by atoms with Crippen LogP contribution < -0.4 is 9.62 Å². The second-order valence-electron chi connectivity index (χ2n) is 7.86. The lowest BCUT2D eigenvalue weighted by atomic mass is 10.0. The van der Waals surface area contributed by atoms with Gasteiger partial charge in [-0.15, -0.1) is 0 Å². The maximum absolute atomic E-state index is 14.5. The van der Waals surface area contributed by atoms with E-state index in [1.165, 1.54) is 33.8 Å². The summed E-state index contributed by atoms with van der Waals surface area (Å²) < 4.78 is 56.1. The van der Waals surface area contributed by atoms with Crippen molar-refractivity contribution in [3.63, 3.8) is 0 Å². The average Bonchev–Trinajstić information content (AvgIpc) is 3.35. The SMILES string of the molecule is CS(=O)(=O)N[C@H]1C[C@H]2CN(c3cnn4cccc(-c5c(F)cccc5F)c34)C(=O)N2C1. The first-order valence-corrected chi connectivity index (χ1v) is 11.6. The van der Waals surface area contributed by atoms with Crippen LogP contribution >= 0.6 is 0 Å². The van der Waals surface area contributed by atoms with E-state index in [0.29, 0.717) is 29.7 Å². The van der Waals surface area contributed by atoms with Crippen LogP contribution in [-0.4, -0.2) is 60.4 Å². The van der Waals surface area contributed by atoms with Crippen molar-refractivity contribution in [2.75, 3.05) is 24.2 Å². The molecule has 2 fully saturated rings. The zero-order chi connectivity index (χ0) is 21.9. The van der Waals surface area contributed by atoms with Gasteiger partial charge >= 0.3 is 6.03 Å². The lowest BCUT2D eigenvalue weighted by molar-refractivity contribution is 0.218. The largest absolute Gasteiger partial charge is 0.325 e. The molecule has 2 amide bonds. The molecule has 2 aliphatic rings. The Balaban J connectivity index is 1.53. The number of fused-ring (bicyclic) bond motifs is 2. The van der Waals surface area contributed by atoms with E-state index in [2.05, 4.69) is 9.82 Å². The molecule has 1 aromatic carbocycles. The standard InChI is InChI=1S/C20H19F2N5O3S/c1-31(29,30)24-12-8-13-11-26(20(28)25(13)10-12)17-9-23-27-7-3-4-14(19(17)27)18-15(21)5-2-6-16(18)22/h2-7,9,12-13,24H,8,10-11H2,1H3/t12-,13-/m0/s1. The van der Waals surface area contributed by atoms with Crippen molar-refractivity contribution in [2.24, 2.45) is 0 Å². The summed E-state index contributed by atoms with van der Waals surface area (Å²) in [7, 11) is -3.37. The highest BCUT2D eigenvalue weighted by Gasteiger charge is 2.46. The number of hydrogen-bond acceptors (Lipinski definition) is 4. The highest BCUT2D eigenvalue weighted by atomic mass is 32.2. The Labute approximate surface area is 177 Å². The number of nitrogens with zero attached hydrogens (tertiary/aromatic N) is 4. The van der Waals surface area contributed by atoms with Crippen molar-refractivity contribution >= 4 is 27.3 Å². The van der Waals surface area contributed by atoms with Crippen molar-refractivity contribution in [3.8, 4) is 11.1 Å². The fourth-order valence-electron chi connectivity index (χ4n) is 4.54. The van der Waals surface area contributed by atoms with Gasteiger partial charge in [0.25, 0.3) is 0 Å². The molecule has 162 valence electrons. The molecule has 2 aliphatic heterocycles. The summed E-state index contributed by atoms with van der Waals surface area (Å²) >= 11 is 0. The number of carbonyl (C=O) groups is 1. The predicted molar refractivity (Wildman–Crippen MR) is 110 cm³/mol. The van der Waals surface area contributed by atoms with Gasteiger partial charge in [-0.3, -0.25) is 4.90 Å². The van der Waals surface area contributed by atoms with E-state index in [-0.39, 0.29) is 30.2 Å². The number of amides is 2. The third kappa shape index (κ3) is 3.33. The Morgan fingerprint density at radius 1 is 1.13 bits per heavy atom. The summed E-state index contributed by atoms with van der Waals surface area (Å²) in [6.45, 7) is 0.595. The number of pyridine rings is 1. The Hall–Kier alpha value is -3.05. The molecular formula is C20H19F2N5O3S. The number of carbonyl (C=O) groups excluding carboxylic acids is 1. The van der Waals surface area contributed by atoms with Crippen LogP contribution in [-0.2, 0) is 10.0 Å². The van der Waals surface area contributed by atoms with Crippen molar-refractivity contribution in [2.45, 2.75) is 18.5 Å². The van der Waals surface area contributed by atoms with Crippen LogP contribution in [0.2, 0.25) is 0 Å². The molecule has 5 rings (SSSR count). The van der Waals surface area contributed by atoms with Crippen LogP contribution in [0.3, 0.4) is 0 Å². The number of aromatic nitrogens is 2. The average molecular weight is 447 g/mol. The lowest BCUT2D eigenvalue weighted by Crippen LogP contribution is -2.40. The molecule has 2 atom stereocenters. The Morgan fingerprint density at radius 3 is 2.55 bits per heavy atom. The Kier molecular flexibility index (Phi) is 4.48. The number of rotatable bonds is 4. The van der Waals surface area contributed by atoms with Gasteiger partial charge < -0.3 is 4.90 Å². The normalized spacial score (nSPS) is 21.3. The fourth-order valence-corrected chi connectivity index (χ4v) is 5.32. The first-order chi connectivity index (χ1) is 14.7. The molecule has 8 nitrogen and oxygen atoms in total. The van der Waals surface area contributed by atoms with Gasteiger partial charge in [0, 0.05) is 30.9 Å². The van der Waals surface area contributed by atoms with Crippen LogP contribution in [0.4, 0.5) is 19.3 Å². The zero-order valence-corrected chi connectivity index (χ0v) is 17.3. The minimum Gasteiger partial charge on any atom is -0.318 e. The first kappa shape index (κ1) is 19.9. The van der Waals surface area contributed by atoms with E-state index in [1.54, 1.807) is 23.2 Å². The van der Waals surface area contributed by atoms with Crippen molar-refractivity contribution in [1.29, 1.82) is 0 Å². The quantitative estimate of drug-likeness (QED) is 0.665. The molecule has 4 heterocycles. The minimum atomic E-state index is -3.37. The number of halogens is 2. The smallest absolute Gasteiger partial charge is 0.318 e. The van der Waals surface area contributed by atoms with Crippen molar-refractivity contribution in [1.82, 2.24) is 19.2 Å².